The third-order valence-electron chi connectivity index (χ3n) is 5.49. The maximum Gasteiger partial charge on any atom is 0.416 e. The molecule has 156 valence electrons. The number of hydrogen-bond donors (Lipinski definition) is 2. The lowest BCUT2D eigenvalue weighted by molar-refractivity contribution is -0.137. The van der Waals surface area contributed by atoms with Crippen LogP contribution in [0.2, 0.25) is 0 Å². The molecule has 1 aromatic heterocycles. The van der Waals surface area contributed by atoms with Gasteiger partial charge in [0.1, 0.15) is 12.1 Å². The quantitative estimate of drug-likeness (QED) is 0.738. The van der Waals surface area contributed by atoms with Crippen LogP contribution in [0, 0.1) is 5.92 Å². The number of nitrogen functional groups attached to an aromatic ring is 1. The number of nitrogens with one attached hydrogen (secondary N) is 1. The summed E-state index contributed by atoms with van der Waals surface area (Å²) in [5.74, 6) is 1.18. The topological polar surface area (TPSA) is 76.3 Å². The number of aromatic nitrogens is 2. The molecule has 0 bridgehead atoms. The Balaban J connectivity index is 1.50. The molecule has 2 aliphatic heterocycles. The highest BCUT2D eigenvalue weighted by Crippen LogP contribution is 2.34. The Labute approximate surface area is 167 Å². The fraction of sp³-hybridized carbons (Fsp3) is 0.500. The van der Waals surface area contributed by atoms with Crippen molar-refractivity contribution in [3.63, 3.8) is 0 Å². The van der Waals surface area contributed by atoms with Crippen LogP contribution in [0.15, 0.2) is 24.5 Å². The molecule has 1 fully saturated rings. The normalized spacial score (nSPS) is 20.6. The number of benzene rings is 1. The van der Waals surface area contributed by atoms with Crippen LogP contribution < -0.4 is 11.1 Å². The van der Waals surface area contributed by atoms with Crippen LogP contribution in [0.3, 0.4) is 0 Å². The van der Waals surface area contributed by atoms with Gasteiger partial charge in [0, 0.05) is 37.5 Å². The van der Waals surface area contributed by atoms with Gasteiger partial charge in [-0.15, -0.1) is 0 Å². The third-order valence-corrected chi connectivity index (χ3v) is 5.49. The van der Waals surface area contributed by atoms with E-state index in [4.69, 9.17) is 10.5 Å². The Morgan fingerprint density at radius 1 is 1.28 bits per heavy atom. The van der Waals surface area contributed by atoms with E-state index in [-0.39, 0.29) is 5.69 Å². The molecule has 4 rings (SSSR count). The molecule has 0 amide bonds. The number of hydrogen-bond acceptors (Lipinski definition) is 6. The molecule has 3 heterocycles. The molecule has 3 N–H and O–H groups in total. The van der Waals surface area contributed by atoms with Crippen molar-refractivity contribution in [3.05, 3.63) is 46.9 Å². The maximum atomic E-state index is 13.1. The number of nitrogens with two attached hydrogens (primary N) is 1. The average Bonchev–Trinajstić information content (AvgIpc) is 3.30. The van der Waals surface area contributed by atoms with Crippen molar-refractivity contribution in [1.29, 1.82) is 0 Å². The summed E-state index contributed by atoms with van der Waals surface area (Å²) in [5, 5.41) is 3.25. The Morgan fingerprint density at radius 2 is 2.10 bits per heavy atom. The van der Waals surface area contributed by atoms with Gasteiger partial charge in [0.05, 0.1) is 23.9 Å². The number of ether oxygens (including phenoxy) is 1. The van der Waals surface area contributed by atoms with E-state index in [2.05, 4.69) is 20.2 Å². The molecule has 1 saturated heterocycles. The van der Waals surface area contributed by atoms with Crippen molar-refractivity contribution in [2.75, 3.05) is 30.8 Å². The lowest BCUT2D eigenvalue weighted by Gasteiger charge is -2.20. The number of anilines is 2. The average molecular weight is 407 g/mol. The van der Waals surface area contributed by atoms with Crippen molar-refractivity contribution in [3.8, 4) is 0 Å². The Bertz CT molecular complexity index is 883. The van der Waals surface area contributed by atoms with Gasteiger partial charge >= 0.3 is 6.18 Å². The Morgan fingerprint density at radius 3 is 2.83 bits per heavy atom. The predicted molar refractivity (Wildman–Crippen MR) is 103 cm³/mol. The predicted octanol–water partition coefficient (Wildman–Crippen LogP) is 3.60. The second-order valence-electron chi connectivity index (χ2n) is 7.80. The highest BCUT2D eigenvalue weighted by molar-refractivity contribution is 5.52. The second-order valence-corrected chi connectivity index (χ2v) is 7.80. The van der Waals surface area contributed by atoms with Crippen LogP contribution in [0.25, 0.3) is 0 Å². The first-order valence-electron chi connectivity index (χ1n) is 9.66. The molecular formula is C20H24F3N5O. The van der Waals surface area contributed by atoms with Gasteiger partial charge in [-0.1, -0.05) is 0 Å². The summed E-state index contributed by atoms with van der Waals surface area (Å²) in [6, 6.07) is 3.24. The van der Waals surface area contributed by atoms with Crippen LogP contribution in [0.4, 0.5) is 24.7 Å². The van der Waals surface area contributed by atoms with Crippen LogP contribution in [-0.2, 0) is 24.0 Å². The second kappa shape index (κ2) is 7.79. The summed E-state index contributed by atoms with van der Waals surface area (Å²) in [5.41, 5.74) is 7.45. The molecule has 0 aliphatic carbocycles. The van der Waals surface area contributed by atoms with Gasteiger partial charge in [0.2, 0.25) is 0 Å². The summed E-state index contributed by atoms with van der Waals surface area (Å²) < 4.78 is 44.8. The lowest BCUT2D eigenvalue weighted by atomic mass is 10.0. The first-order valence-corrected chi connectivity index (χ1v) is 9.66. The fourth-order valence-corrected chi connectivity index (χ4v) is 3.97. The zero-order valence-corrected chi connectivity index (χ0v) is 16.2. The van der Waals surface area contributed by atoms with Crippen molar-refractivity contribution >= 4 is 11.5 Å². The summed E-state index contributed by atoms with van der Waals surface area (Å²) in [4.78, 5) is 11.1. The number of alkyl halides is 3. The van der Waals surface area contributed by atoms with Gasteiger partial charge in [-0.25, -0.2) is 9.97 Å². The molecule has 0 spiro atoms. The first kappa shape index (κ1) is 19.9. The first-order chi connectivity index (χ1) is 13.8. The minimum Gasteiger partial charge on any atom is -0.399 e. The standard InChI is InChI=1S/C20H24F3N5O/c1-12(14-4-15(20(21,22)23)6-16(24)5-14)27-19-17-8-28(7-13-2-3-29-10-13)9-18(17)25-11-26-19/h4-6,11-13H,2-3,7-10,24H2,1H3,(H,25,26,27). The molecule has 0 radical (unpaired) electrons. The zero-order valence-electron chi connectivity index (χ0n) is 16.2. The van der Waals surface area contributed by atoms with Gasteiger partial charge in [-0.2, -0.15) is 13.2 Å². The van der Waals surface area contributed by atoms with Gasteiger partial charge in [-0.3, -0.25) is 4.90 Å². The number of nitrogens with zero attached hydrogens (tertiary/aromatic N) is 3. The van der Waals surface area contributed by atoms with Gasteiger partial charge in [0.25, 0.3) is 0 Å². The van der Waals surface area contributed by atoms with Crippen molar-refractivity contribution in [2.24, 2.45) is 5.92 Å². The van der Waals surface area contributed by atoms with E-state index in [0.717, 1.165) is 56.1 Å². The highest BCUT2D eigenvalue weighted by atomic mass is 19.4. The van der Waals surface area contributed by atoms with E-state index in [0.29, 0.717) is 23.8 Å². The summed E-state index contributed by atoms with van der Waals surface area (Å²) in [6.45, 7) is 5.80. The van der Waals surface area contributed by atoms with E-state index < -0.39 is 17.8 Å². The van der Waals surface area contributed by atoms with Crippen LogP contribution in [0.5, 0.6) is 0 Å². The summed E-state index contributed by atoms with van der Waals surface area (Å²) >= 11 is 0. The maximum absolute atomic E-state index is 13.1. The molecule has 1 aromatic carbocycles. The minimum atomic E-state index is -4.44. The summed E-state index contributed by atoms with van der Waals surface area (Å²) in [6.07, 6.45) is -1.88. The van der Waals surface area contributed by atoms with Crippen LogP contribution in [-0.4, -0.2) is 34.6 Å². The highest BCUT2D eigenvalue weighted by Gasteiger charge is 2.32. The minimum absolute atomic E-state index is 0.0846. The fourth-order valence-electron chi connectivity index (χ4n) is 3.97. The van der Waals surface area contributed by atoms with Crippen molar-refractivity contribution < 1.29 is 17.9 Å². The lowest BCUT2D eigenvalue weighted by Crippen LogP contribution is -2.25. The van der Waals surface area contributed by atoms with Crippen LogP contribution >= 0.6 is 0 Å². The van der Waals surface area contributed by atoms with E-state index >= 15 is 0 Å². The third kappa shape index (κ3) is 4.45. The molecule has 2 aromatic rings. The smallest absolute Gasteiger partial charge is 0.399 e. The monoisotopic (exact) mass is 407 g/mol. The number of fused-ring (bicyclic) bond motifs is 1. The molecule has 2 atom stereocenters. The Hall–Kier alpha value is -2.39. The van der Waals surface area contributed by atoms with E-state index in [1.54, 1.807) is 13.0 Å². The number of rotatable bonds is 5. The molecule has 6 nitrogen and oxygen atoms in total. The van der Waals surface area contributed by atoms with Gasteiger partial charge < -0.3 is 15.8 Å². The van der Waals surface area contributed by atoms with Gasteiger partial charge in [-0.05, 0) is 43.0 Å². The van der Waals surface area contributed by atoms with Crippen LogP contribution in [0.1, 0.15) is 41.8 Å². The SMILES string of the molecule is CC(Nc1ncnc2c1CN(CC1CCOC1)C2)c1cc(N)cc(C(F)(F)F)c1. The van der Waals surface area contributed by atoms with Crippen molar-refractivity contribution in [2.45, 2.75) is 38.7 Å². The Kier molecular flexibility index (Phi) is 5.35. The molecule has 2 aliphatic rings. The zero-order chi connectivity index (χ0) is 20.6. The summed E-state index contributed by atoms with van der Waals surface area (Å²) in [7, 11) is 0. The van der Waals surface area contributed by atoms with E-state index in [1.165, 1.54) is 6.33 Å². The molecule has 29 heavy (non-hydrogen) atoms. The van der Waals surface area contributed by atoms with E-state index in [1.807, 2.05) is 0 Å². The number of halogens is 3. The van der Waals surface area contributed by atoms with E-state index in [9.17, 15) is 13.2 Å². The van der Waals surface area contributed by atoms with Crippen molar-refractivity contribution in [1.82, 2.24) is 14.9 Å². The largest absolute Gasteiger partial charge is 0.416 e. The van der Waals surface area contributed by atoms with Gasteiger partial charge in [0.15, 0.2) is 0 Å². The molecule has 2 unspecified atom stereocenters. The molecule has 0 saturated carbocycles. The molecule has 9 heteroatoms. The molecular weight excluding hydrogens is 383 g/mol.